The third-order valence-electron chi connectivity index (χ3n) is 3.23. The highest BCUT2D eigenvalue weighted by Crippen LogP contribution is 2.25. The molecule has 0 saturated heterocycles. The Bertz CT molecular complexity index is 814. The van der Waals surface area contributed by atoms with Crippen LogP contribution in [-0.2, 0) is 0 Å². The fourth-order valence-electron chi connectivity index (χ4n) is 2.14. The molecule has 1 N–H and O–H groups in total. The second-order valence-corrected chi connectivity index (χ2v) is 4.83. The summed E-state index contributed by atoms with van der Waals surface area (Å²) in [5.74, 6) is 0.115. The summed E-state index contributed by atoms with van der Waals surface area (Å²) in [6, 6.07) is 17.9. The molecule has 3 aromatic rings. The van der Waals surface area contributed by atoms with Gasteiger partial charge >= 0.3 is 0 Å². The van der Waals surface area contributed by atoms with Gasteiger partial charge in [0.1, 0.15) is 5.82 Å². The molecule has 0 unspecified atom stereocenters. The molecule has 0 aliphatic heterocycles. The van der Waals surface area contributed by atoms with E-state index in [4.69, 9.17) is 0 Å². The average molecular weight is 306 g/mol. The molecule has 0 fully saturated rings. The van der Waals surface area contributed by atoms with Gasteiger partial charge in [0.25, 0.3) is 0 Å². The number of anilines is 1. The van der Waals surface area contributed by atoms with Crippen molar-refractivity contribution in [1.29, 1.82) is 0 Å². The van der Waals surface area contributed by atoms with Crippen LogP contribution in [0.3, 0.4) is 0 Å². The van der Waals surface area contributed by atoms with Gasteiger partial charge in [-0.2, -0.15) is 5.10 Å². The molecule has 1 aromatic heterocycles. The van der Waals surface area contributed by atoms with Gasteiger partial charge in [-0.05, 0) is 37.3 Å². The molecule has 0 amide bonds. The molecule has 0 radical (unpaired) electrons. The highest BCUT2D eigenvalue weighted by Gasteiger charge is 2.08. The Morgan fingerprint density at radius 2 is 1.52 bits per heavy atom. The van der Waals surface area contributed by atoms with Gasteiger partial charge in [0.2, 0.25) is 5.95 Å². The zero-order chi connectivity index (χ0) is 16.1. The predicted molar refractivity (Wildman–Crippen MR) is 90.7 cm³/mol. The fraction of sp³-hybridized carbons (Fsp3) is 0.0556. The van der Waals surface area contributed by atoms with Gasteiger partial charge in [-0.1, -0.05) is 30.3 Å². The van der Waals surface area contributed by atoms with Gasteiger partial charge in [0.15, 0.2) is 0 Å². The van der Waals surface area contributed by atoms with Crippen molar-refractivity contribution in [3.05, 3.63) is 66.5 Å². The van der Waals surface area contributed by atoms with Crippen LogP contribution in [0.15, 0.2) is 65.8 Å². The second kappa shape index (κ2) is 6.79. The van der Waals surface area contributed by atoms with Gasteiger partial charge < -0.3 is 0 Å². The number of aromatic nitrogens is 2. The number of hydrogen-bond acceptors (Lipinski definition) is 4. The molecule has 0 spiro atoms. The van der Waals surface area contributed by atoms with E-state index in [2.05, 4.69) is 20.5 Å². The summed E-state index contributed by atoms with van der Waals surface area (Å²) in [5.41, 5.74) is 6.06. The zero-order valence-electron chi connectivity index (χ0n) is 12.6. The van der Waals surface area contributed by atoms with E-state index in [0.29, 0.717) is 11.6 Å². The van der Waals surface area contributed by atoms with Gasteiger partial charge in [0, 0.05) is 17.3 Å². The number of halogens is 1. The normalized spacial score (nSPS) is 10.9. The van der Waals surface area contributed by atoms with Crippen LogP contribution in [0.5, 0.6) is 0 Å². The van der Waals surface area contributed by atoms with Crippen molar-refractivity contribution in [3.63, 3.8) is 0 Å². The first-order valence-electron chi connectivity index (χ1n) is 7.20. The van der Waals surface area contributed by atoms with E-state index in [1.54, 1.807) is 25.3 Å². The maximum Gasteiger partial charge on any atom is 0.244 e. The largest absolute Gasteiger partial charge is 0.245 e. The van der Waals surface area contributed by atoms with Crippen molar-refractivity contribution < 1.29 is 4.39 Å². The Hall–Kier alpha value is -3.08. The van der Waals surface area contributed by atoms with Crippen molar-refractivity contribution in [1.82, 2.24) is 9.97 Å². The molecule has 114 valence electrons. The third kappa shape index (κ3) is 3.58. The lowest BCUT2D eigenvalue weighted by Crippen LogP contribution is -1.99. The average Bonchev–Trinajstić information content (AvgIpc) is 2.61. The van der Waals surface area contributed by atoms with Crippen molar-refractivity contribution in [2.75, 3.05) is 5.43 Å². The quantitative estimate of drug-likeness (QED) is 0.575. The van der Waals surface area contributed by atoms with Gasteiger partial charge in [-0.15, -0.1) is 0 Å². The fourth-order valence-corrected chi connectivity index (χ4v) is 2.14. The van der Waals surface area contributed by atoms with Crippen LogP contribution in [0.4, 0.5) is 10.3 Å². The Balaban J connectivity index is 2.09. The molecule has 1 heterocycles. The lowest BCUT2D eigenvalue weighted by atomic mass is 10.1. The van der Waals surface area contributed by atoms with E-state index in [1.165, 1.54) is 12.1 Å². The van der Waals surface area contributed by atoms with Crippen LogP contribution in [0, 0.1) is 5.82 Å². The molecule has 4 nitrogen and oxygen atoms in total. The number of hydrazone groups is 1. The summed E-state index contributed by atoms with van der Waals surface area (Å²) < 4.78 is 13.1. The SMILES string of the molecule is C/C=N/Nc1nc(-c2ccccc2)cc(-c2ccc(F)cc2)n1. The highest BCUT2D eigenvalue weighted by molar-refractivity contribution is 5.69. The Morgan fingerprint density at radius 3 is 2.13 bits per heavy atom. The van der Waals surface area contributed by atoms with Crippen molar-refractivity contribution in [3.8, 4) is 22.5 Å². The smallest absolute Gasteiger partial charge is 0.244 e. The van der Waals surface area contributed by atoms with E-state index in [0.717, 1.165) is 16.8 Å². The van der Waals surface area contributed by atoms with Crippen molar-refractivity contribution >= 4 is 12.2 Å². The maximum atomic E-state index is 13.1. The van der Waals surface area contributed by atoms with Crippen LogP contribution < -0.4 is 5.43 Å². The van der Waals surface area contributed by atoms with Crippen LogP contribution in [0.1, 0.15) is 6.92 Å². The summed E-state index contributed by atoms with van der Waals surface area (Å²) in [6.45, 7) is 1.80. The van der Waals surface area contributed by atoms with Gasteiger partial charge in [-0.25, -0.2) is 19.8 Å². The van der Waals surface area contributed by atoms with E-state index in [9.17, 15) is 4.39 Å². The Labute approximate surface area is 133 Å². The maximum absolute atomic E-state index is 13.1. The molecular formula is C18H15FN4. The van der Waals surface area contributed by atoms with Crippen LogP contribution in [0.25, 0.3) is 22.5 Å². The first kappa shape index (κ1) is 14.8. The van der Waals surface area contributed by atoms with Crippen LogP contribution in [-0.4, -0.2) is 16.2 Å². The lowest BCUT2D eigenvalue weighted by molar-refractivity contribution is 0.628. The minimum Gasteiger partial charge on any atom is -0.245 e. The van der Waals surface area contributed by atoms with Gasteiger partial charge in [-0.3, -0.25) is 0 Å². The molecule has 0 aliphatic carbocycles. The predicted octanol–water partition coefficient (Wildman–Crippen LogP) is 4.37. The number of nitrogens with one attached hydrogen (secondary N) is 1. The van der Waals surface area contributed by atoms with E-state index < -0.39 is 0 Å². The molecule has 5 heteroatoms. The summed E-state index contributed by atoms with van der Waals surface area (Å²) >= 11 is 0. The Morgan fingerprint density at radius 1 is 0.913 bits per heavy atom. The number of hydrogen-bond donors (Lipinski definition) is 1. The van der Waals surface area contributed by atoms with E-state index in [1.807, 2.05) is 36.4 Å². The molecule has 3 rings (SSSR count). The van der Waals surface area contributed by atoms with Crippen molar-refractivity contribution in [2.45, 2.75) is 6.92 Å². The molecule has 0 bridgehead atoms. The number of rotatable bonds is 4. The number of nitrogens with zero attached hydrogens (tertiary/aromatic N) is 3. The third-order valence-corrected chi connectivity index (χ3v) is 3.23. The van der Waals surface area contributed by atoms with Crippen LogP contribution >= 0.6 is 0 Å². The first-order valence-corrected chi connectivity index (χ1v) is 7.20. The van der Waals surface area contributed by atoms with Crippen molar-refractivity contribution in [2.24, 2.45) is 5.10 Å². The first-order chi connectivity index (χ1) is 11.3. The molecule has 0 atom stereocenters. The van der Waals surface area contributed by atoms with E-state index in [-0.39, 0.29) is 5.82 Å². The van der Waals surface area contributed by atoms with Gasteiger partial charge in [0.05, 0.1) is 11.4 Å². The summed E-state index contributed by atoms with van der Waals surface area (Å²) in [6.07, 6.45) is 1.62. The Kier molecular flexibility index (Phi) is 4.38. The minimum absolute atomic E-state index is 0.278. The topological polar surface area (TPSA) is 50.2 Å². The summed E-state index contributed by atoms with van der Waals surface area (Å²) in [7, 11) is 0. The number of benzene rings is 2. The summed E-state index contributed by atoms with van der Waals surface area (Å²) in [5, 5.41) is 3.97. The minimum atomic E-state index is -0.278. The molecule has 0 saturated carbocycles. The molecule has 2 aromatic carbocycles. The monoisotopic (exact) mass is 306 g/mol. The zero-order valence-corrected chi connectivity index (χ0v) is 12.6. The highest BCUT2D eigenvalue weighted by atomic mass is 19.1. The molecule has 23 heavy (non-hydrogen) atoms. The standard InChI is InChI=1S/C18H15FN4/c1-2-20-23-18-21-16(13-6-4-3-5-7-13)12-17(22-18)14-8-10-15(19)11-9-14/h2-12H,1H3,(H,21,22,23)/b20-2+. The van der Waals surface area contributed by atoms with Crippen LogP contribution in [0.2, 0.25) is 0 Å². The lowest BCUT2D eigenvalue weighted by Gasteiger charge is -2.08. The summed E-state index contributed by atoms with van der Waals surface area (Å²) in [4.78, 5) is 8.91. The van der Waals surface area contributed by atoms with E-state index >= 15 is 0 Å². The molecular weight excluding hydrogens is 291 g/mol. The second-order valence-electron chi connectivity index (χ2n) is 4.83. The molecule has 0 aliphatic rings.